The summed E-state index contributed by atoms with van der Waals surface area (Å²) in [6.07, 6.45) is 0. The first kappa shape index (κ1) is 18.3. The quantitative estimate of drug-likeness (QED) is 0.820. The number of ether oxygens (including phenoxy) is 1. The molecule has 0 spiro atoms. The van der Waals surface area contributed by atoms with Crippen molar-refractivity contribution in [1.29, 1.82) is 0 Å². The molecule has 0 radical (unpaired) electrons. The minimum absolute atomic E-state index is 0.128. The molecule has 2 N–H and O–H groups in total. The van der Waals surface area contributed by atoms with E-state index in [-0.39, 0.29) is 15.7 Å². The Morgan fingerprint density at radius 1 is 1.17 bits per heavy atom. The third kappa shape index (κ3) is 4.47. The van der Waals surface area contributed by atoms with Crippen LogP contribution in [0.4, 0.5) is 5.69 Å². The Balaban J connectivity index is 2.16. The predicted molar refractivity (Wildman–Crippen MR) is 92.9 cm³/mol. The fraction of sp³-hybridized carbons (Fsp3) is 0.188. The average Bonchev–Trinajstić information content (AvgIpc) is 2.55. The maximum Gasteiger partial charge on any atom is 0.245 e. The Labute approximate surface area is 145 Å². The number of hydrogen-bond donors (Lipinski definition) is 2. The van der Waals surface area contributed by atoms with Gasteiger partial charge in [0.25, 0.3) is 0 Å². The van der Waals surface area contributed by atoms with Crippen molar-refractivity contribution < 1.29 is 17.9 Å². The molecule has 0 saturated heterocycles. The zero-order valence-electron chi connectivity index (χ0n) is 13.1. The molecule has 0 aliphatic rings. The van der Waals surface area contributed by atoms with Crippen LogP contribution in [0.1, 0.15) is 6.92 Å². The topological polar surface area (TPSA) is 84.5 Å². The van der Waals surface area contributed by atoms with Crippen molar-refractivity contribution in [3.63, 3.8) is 0 Å². The number of hydrogen-bond acceptors (Lipinski definition) is 4. The molecule has 0 aliphatic heterocycles. The van der Waals surface area contributed by atoms with Gasteiger partial charge in [0.15, 0.2) is 0 Å². The smallest absolute Gasteiger partial charge is 0.245 e. The van der Waals surface area contributed by atoms with Crippen LogP contribution in [0, 0.1) is 0 Å². The number of benzene rings is 2. The first-order chi connectivity index (χ1) is 11.3. The maximum atomic E-state index is 12.5. The van der Waals surface area contributed by atoms with Crippen molar-refractivity contribution in [2.75, 3.05) is 12.4 Å². The lowest BCUT2D eigenvalue weighted by Gasteiger charge is -2.16. The van der Waals surface area contributed by atoms with E-state index in [1.807, 2.05) is 6.07 Å². The van der Waals surface area contributed by atoms with Crippen molar-refractivity contribution in [3.05, 3.63) is 53.6 Å². The largest absolute Gasteiger partial charge is 0.495 e. The summed E-state index contributed by atoms with van der Waals surface area (Å²) >= 11 is 5.86. The normalized spacial score (nSPS) is 12.5. The Hall–Kier alpha value is -2.09. The highest BCUT2D eigenvalue weighted by atomic mass is 35.5. The molecule has 0 aromatic heterocycles. The SMILES string of the molecule is COc1ccc(Cl)cc1S(=O)(=O)N[C@H](C)C(=O)Nc1ccccc1. The Morgan fingerprint density at radius 3 is 2.46 bits per heavy atom. The standard InChI is InChI=1S/C16H17ClN2O4S/c1-11(16(20)18-13-6-4-3-5-7-13)19-24(21,22)15-10-12(17)8-9-14(15)23-2/h3-11,19H,1-2H3,(H,18,20)/t11-/m1/s1. The van der Waals surface area contributed by atoms with Gasteiger partial charge in [-0.15, -0.1) is 0 Å². The molecule has 2 aromatic rings. The van der Waals surface area contributed by atoms with Gasteiger partial charge in [0.2, 0.25) is 15.9 Å². The van der Waals surface area contributed by atoms with E-state index in [2.05, 4.69) is 10.0 Å². The van der Waals surface area contributed by atoms with Crippen LogP contribution in [0.25, 0.3) is 0 Å². The van der Waals surface area contributed by atoms with Crippen LogP contribution >= 0.6 is 11.6 Å². The molecular weight excluding hydrogens is 352 g/mol. The van der Waals surface area contributed by atoms with E-state index in [1.165, 1.54) is 32.2 Å². The van der Waals surface area contributed by atoms with Crippen molar-refractivity contribution in [2.45, 2.75) is 17.9 Å². The van der Waals surface area contributed by atoms with Gasteiger partial charge in [-0.05, 0) is 37.3 Å². The molecule has 0 bridgehead atoms. The van der Waals surface area contributed by atoms with Crippen LogP contribution in [-0.4, -0.2) is 27.5 Å². The number of methoxy groups -OCH3 is 1. The molecule has 0 saturated carbocycles. The minimum Gasteiger partial charge on any atom is -0.495 e. The molecule has 0 heterocycles. The fourth-order valence-corrected chi connectivity index (χ4v) is 3.62. The number of amides is 1. The molecule has 2 aromatic carbocycles. The van der Waals surface area contributed by atoms with E-state index in [1.54, 1.807) is 24.3 Å². The summed E-state index contributed by atoms with van der Waals surface area (Å²) in [5, 5.41) is 2.88. The molecule has 0 fully saturated rings. The van der Waals surface area contributed by atoms with E-state index >= 15 is 0 Å². The summed E-state index contributed by atoms with van der Waals surface area (Å²) in [4.78, 5) is 12.0. The third-order valence-electron chi connectivity index (χ3n) is 3.18. The van der Waals surface area contributed by atoms with E-state index in [9.17, 15) is 13.2 Å². The van der Waals surface area contributed by atoms with Gasteiger partial charge in [-0.25, -0.2) is 8.42 Å². The van der Waals surface area contributed by atoms with Crippen LogP contribution in [0.2, 0.25) is 5.02 Å². The Kier molecular flexibility index (Phi) is 5.82. The van der Waals surface area contributed by atoms with Crippen molar-refractivity contribution in [2.24, 2.45) is 0 Å². The molecule has 24 heavy (non-hydrogen) atoms. The minimum atomic E-state index is -3.98. The van der Waals surface area contributed by atoms with Gasteiger partial charge >= 0.3 is 0 Å². The summed E-state index contributed by atoms with van der Waals surface area (Å²) in [6, 6.07) is 12.0. The van der Waals surface area contributed by atoms with Crippen LogP contribution in [0.3, 0.4) is 0 Å². The molecule has 2 rings (SSSR count). The lowest BCUT2D eigenvalue weighted by molar-refractivity contribution is -0.117. The molecule has 0 unspecified atom stereocenters. The first-order valence-electron chi connectivity index (χ1n) is 7.05. The number of carbonyl (C=O) groups is 1. The van der Waals surface area contributed by atoms with Crippen molar-refractivity contribution >= 4 is 33.2 Å². The summed E-state index contributed by atoms with van der Waals surface area (Å²) < 4.78 is 32.4. The van der Waals surface area contributed by atoms with Crippen LogP contribution in [-0.2, 0) is 14.8 Å². The van der Waals surface area contributed by atoms with E-state index < -0.39 is 22.0 Å². The Morgan fingerprint density at radius 2 is 1.83 bits per heavy atom. The molecule has 8 heteroatoms. The Bertz CT molecular complexity index is 825. The van der Waals surface area contributed by atoms with Gasteiger partial charge in [0.1, 0.15) is 10.6 Å². The summed E-state index contributed by atoms with van der Waals surface area (Å²) in [7, 11) is -2.63. The summed E-state index contributed by atoms with van der Waals surface area (Å²) in [5.41, 5.74) is 0.578. The van der Waals surface area contributed by atoms with Gasteiger partial charge in [0, 0.05) is 10.7 Å². The van der Waals surface area contributed by atoms with E-state index in [0.717, 1.165) is 0 Å². The van der Waals surface area contributed by atoms with Crippen LogP contribution in [0.5, 0.6) is 5.75 Å². The molecule has 0 aliphatic carbocycles. The monoisotopic (exact) mass is 368 g/mol. The van der Waals surface area contributed by atoms with Crippen molar-refractivity contribution in [3.8, 4) is 5.75 Å². The van der Waals surface area contributed by atoms with Gasteiger partial charge in [0.05, 0.1) is 13.2 Å². The second kappa shape index (κ2) is 7.65. The molecule has 6 nitrogen and oxygen atoms in total. The van der Waals surface area contributed by atoms with E-state index in [4.69, 9.17) is 16.3 Å². The maximum absolute atomic E-state index is 12.5. The zero-order chi connectivity index (χ0) is 17.7. The predicted octanol–water partition coefficient (Wildman–Crippen LogP) is 2.65. The lowest BCUT2D eigenvalue weighted by atomic mass is 10.3. The number of carbonyl (C=O) groups excluding carboxylic acids is 1. The molecular formula is C16H17ClN2O4S. The molecule has 1 atom stereocenters. The third-order valence-corrected chi connectivity index (χ3v) is 4.98. The van der Waals surface area contributed by atoms with Gasteiger partial charge < -0.3 is 10.1 Å². The molecule has 1 amide bonds. The summed E-state index contributed by atoms with van der Waals surface area (Å²) in [6.45, 7) is 1.45. The number of rotatable bonds is 6. The fourth-order valence-electron chi connectivity index (χ4n) is 1.98. The van der Waals surface area contributed by atoms with Crippen LogP contribution < -0.4 is 14.8 Å². The second-order valence-corrected chi connectivity index (χ2v) is 7.11. The number of anilines is 1. The van der Waals surface area contributed by atoms with Gasteiger partial charge in [-0.3, -0.25) is 4.79 Å². The zero-order valence-corrected chi connectivity index (χ0v) is 14.7. The van der Waals surface area contributed by atoms with Gasteiger partial charge in [-0.2, -0.15) is 4.72 Å². The number of halogens is 1. The highest BCUT2D eigenvalue weighted by Crippen LogP contribution is 2.27. The summed E-state index contributed by atoms with van der Waals surface area (Å²) in [5.74, 6) is -0.340. The lowest BCUT2D eigenvalue weighted by Crippen LogP contribution is -2.41. The number of sulfonamides is 1. The molecule has 128 valence electrons. The highest BCUT2D eigenvalue weighted by molar-refractivity contribution is 7.89. The first-order valence-corrected chi connectivity index (χ1v) is 8.91. The highest BCUT2D eigenvalue weighted by Gasteiger charge is 2.25. The van der Waals surface area contributed by atoms with Crippen LogP contribution in [0.15, 0.2) is 53.4 Å². The number of nitrogens with one attached hydrogen (secondary N) is 2. The van der Waals surface area contributed by atoms with E-state index in [0.29, 0.717) is 5.69 Å². The van der Waals surface area contributed by atoms with Gasteiger partial charge in [-0.1, -0.05) is 29.8 Å². The average molecular weight is 369 g/mol. The second-order valence-electron chi connectivity index (χ2n) is 4.99. The number of para-hydroxylation sites is 1. The van der Waals surface area contributed by atoms with Crippen molar-refractivity contribution in [1.82, 2.24) is 4.72 Å².